The fourth-order valence-corrected chi connectivity index (χ4v) is 3.66. The second kappa shape index (κ2) is 4.77. The minimum Gasteiger partial charge on any atom is -0.341 e. The Kier molecular flexibility index (Phi) is 3.69. The molecule has 3 aliphatic rings. The molecule has 17 heavy (non-hydrogen) atoms. The normalized spacial score (nSPS) is 34.5. The van der Waals surface area contributed by atoms with Gasteiger partial charge in [-0.25, -0.2) is 0 Å². The third-order valence-corrected chi connectivity index (χ3v) is 4.94. The van der Waals surface area contributed by atoms with Crippen molar-refractivity contribution in [2.24, 2.45) is 17.6 Å². The molecular formula is C13H23ClN2O. The summed E-state index contributed by atoms with van der Waals surface area (Å²) in [4.78, 5) is 14.4. The minimum atomic E-state index is -0.479. The van der Waals surface area contributed by atoms with Gasteiger partial charge in [0.05, 0.1) is 5.54 Å². The van der Waals surface area contributed by atoms with Crippen LogP contribution in [0.1, 0.15) is 44.9 Å². The van der Waals surface area contributed by atoms with Crippen LogP contribution in [-0.4, -0.2) is 29.4 Å². The maximum atomic E-state index is 12.3. The highest BCUT2D eigenvalue weighted by Gasteiger charge is 2.46. The van der Waals surface area contributed by atoms with Crippen LogP contribution in [0.4, 0.5) is 0 Å². The predicted octanol–water partition coefficient (Wildman–Crippen LogP) is 1.94. The highest BCUT2D eigenvalue weighted by atomic mass is 35.5. The second-order valence-corrected chi connectivity index (χ2v) is 6.02. The van der Waals surface area contributed by atoms with E-state index in [0.29, 0.717) is 0 Å². The van der Waals surface area contributed by atoms with Crippen molar-refractivity contribution in [2.45, 2.75) is 50.5 Å². The molecule has 3 fully saturated rings. The Morgan fingerprint density at radius 2 is 1.59 bits per heavy atom. The molecule has 4 heteroatoms. The van der Waals surface area contributed by atoms with Gasteiger partial charge in [-0.3, -0.25) is 4.79 Å². The van der Waals surface area contributed by atoms with Crippen LogP contribution in [0.15, 0.2) is 0 Å². The van der Waals surface area contributed by atoms with E-state index in [4.69, 9.17) is 5.73 Å². The van der Waals surface area contributed by atoms with Crippen molar-refractivity contribution in [3.8, 4) is 0 Å². The van der Waals surface area contributed by atoms with Crippen LogP contribution in [-0.2, 0) is 4.79 Å². The Hall–Kier alpha value is -0.280. The van der Waals surface area contributed by atoms with Gasteiger partial charge in [-0.05, 0) is 43.9 Å². The van der Waals surface area contributed by atoms with Gasteiger partial charge in [0.15, 0.2) is 0 Å². The first-order valence-corrected chi connectivity index (χ1v) is 6.77. The molecule has 98 valence electrons. The van der Waals surface area contributed by atoms with Gasteiger partial charge in [-0.1, -0.05) is 12.8 Å². The molecule has 3 nitrogen and oxygen atoms in total. The first-order chi connectivity index (χ1) is 7.69. The number of nitrogens with two attached hydrogens (primary N) is 1. The van der Waals surface area contributed by atoms with Crippen LogP contribution < -0.4 is 5.73 Å². The number of hydrogen-bond donors (Lipinski definition) is 1. The standard InChI is InChI=1S/C13H22N2O.ClH/c14-13(6-3-7-13)12(16)15-8-10-4-1-2-5-11(10)9-15;/h10-11H,1-9,14H2;1H. The first kappa shape index (κ1) is 13.2. The summed E-state index contributed by atoms with van der Waals surface area (Å²) < 4.78 is 0. The molecule has 1 heterocycles. The van der Waals surface area contributed by atoms with Crippen molar-refractivity contribution in [2.75, 3.05) is 13.1 Å². The Morgan fingerprint density at radius 3 is 2.00 bits per heavy atom. The number of fused-ring (bicyclic) bond motifs is 1. The lowest BCUT2D eigenvalue weighted by atomic mass is 9.76. The number of halogens is 1. The summed E-state index contributed by atoms with van der Waals surface area (Å²) in [7, 11) is 0. The van der Waals surface area contributed by atoms with Gasteiger partial charge in [-0.2, -0.15) is 0 Å². The van der Waals surface area contributed by atoms with Crippen LogP contribution in [0.3, 0.4) is 0 Å². The SMILES string of the molecule is Cl.NC1(C(=O)N2CC3CCCCC3C2)CCC1. The van der Waals surface area contributed by atoms with E-state index < -0.39 is 5.54 Å². The van der Waals surface area contributed by atoms with Crippen LogP contribution in [0.25, 0.3) is 0 Å². The molecule has 2 saturated carbocycles. The van der Waals surface area contributed by atoms with Crippen LogP contribution in [0, 0.1) is 11.8 Å². The molecule has 3 rings (SSSR count). The number of hydrogen-bond acceptors (Lipinski definition) is 2. The average molecular weight is 259 g/mol. The van der Waals surface area contributed by atoms with E-state index in [1.807, 2.05) is 0 Å². The summed E-state index contributed by atoms with van der Waals surface area (Å²) in [5.74, 6) is 1.80. The smallest absolute Gasteiger partial charge is 0.242 e. The third kappa shape index (κ3) is 2.19. The Bertz CT molecular complexity index is 290. The van der Waals surface area contributed by atoms with Crippen molar-refractivity contribution in [3.05, 3.63) is 0 Å². The van der Waals surface area contributed by atoms with Crippen molar-refractivity contribution < 1.29 is 4.79 Å². The number of rotatable bonds is 1. The molecule has 2 N–H and O–H groups in total. The summed E-state index contributed by atoms with van der Waals surface area (Å²) in [6.45, 7) is 1.98. The average Bonchev–Trinajstić information content (AvgIpc) is 2.68. The lowest BCUT2D eigenvalue weighted by Crippen LogP contribution is -2.59. The third-order valence-electron chi connectivity index (χ3n) is 4.94. The molecule has 1 amide bonds. The highest BCUT2D eigenvalue weighted by Crippen LogP contribution is 2.39. The van der Waals surface area contributed by atoms with Crippen molar-refractivity contribution in [3.63, 3.8) is 0 Å². The number of likely N-dealkylation sites (tertiary alicyclic amines) is 1. The first-order valence-electron chi connectivity index (χ1n) is 6.77. The van der Waals surface area contributed by atoms with E-state index in [-0.39, 0.29) is 18.3 Å². The molecule has 0 aromatic rings. The Labute approximate surface area is 110 Å². The zero-order chi connectivity index (χ0) is 11.2. The predicted molar refractivity (Wildman–Crippen MR) is 70.0 cm³/mol. The fraction of sp³-hybridized carbons (Fsp3) is 0.923. The molecule has 0 aromatic carbocycles. The van der Waals surface area contributed by atoms with Gasteiger partial charge in [0, 0.05) is 13.1 Å². The number of carbonyl (C=O) groups is 1. The number of nitrogens with zero attached hydrogens (tertiary/aromatic N) is 1. The molecule has 0 spiro atoms. The van der Waals surface area contributed by atoms with E-state index in [1.54, 1.807) is 0 Å². The number of carbonyl (C=O) groups excluding carboxylic acids is 1. The van der Waals surface area contributed by atoms with Crippen molar-refractivity contribution >= 4 is 18.3 Å². The molecular weight excluding hydrogens is 236 g/mol. The van der Waals surface area contributed by atoms with Crippen molar-refractivity contribution in [1.82, 2.24) is 4.90 Å². The molecule has 0 bridgehead atoms. The van der Waals surface area contributed by atoms with E-state index in [1.165, 1.54) is 25.7 Å². The van der Waals surface area contributed by atoms with Crippen molar-refractivity contribution in [1.29, 1.82) is 0 Å². The van der Waals surface area contributed by atoms with E-state index in [9.17, 15) is 4.79 Å². The molecule has 1 aliphatic heterocycles. The zero-order valence-corrected chi connectivity index (χ0v) is 11.2. The number of amides is 1. The summed E-state index contributed by atoms with van der Waals surface area (Å²) in [5.41, 5.74) is 5.65. The summed E-state index contributed by atoms with van der Waals surface area (Å²) in [6.07, 6.45) is 8.30. The van der Waals surface area contributed by atoms with Gasteiger partial charge < -0.3 is 10.6 Å². The molecule has 0 radical (unpaired) electrons. The quantitative estimate of drug-likeness (QED) is 0.781. The monoisotopic (exact) mass is 258 g/mol. The highest BCUT2D eigenvalue weighted by molar-refractivity contribution is 5.87. The Balaban J connectivity index is 0.00000108. The topological polar surface area (TPSA) is 46.3 Å². The van der Waals surface area contributed by atoms with Crippen LogP contribution in [0.2, 0.25) is 0 Å². The molecule has 2 aliphatic carbocycles. The molecule has 1 saturated heterocycles. The lowest BCUT2D eigenvalue weighted by molar-refractivity contribution is -0.139. The largest absolute Gasteiger partial charge is 0.341 e. The van der Waals surface area contributed by atoms with E-state index in [0.717, 1.165) is 44.2 Å². The zero-order valence-electron chi connectivity index (χ0n) is 10.4. The Morgan fingerprint density at radius 1 is 1.06 bits per heavy atom. The summed E-state index contributed by atoms with van der Waals surface area (Å²) >= 11 is 0. The maximum Gasteiger partial charge on any atom is 0.242 e. The van der Waals surface area contributed by atoms with Crippen LogP contribution >= 0.6 is 12.4 Å². The fourth-order valence-electron chi connectivity index (χ4n) is 3.66. The van der Waals surface area contributed by atoms with E-state index in [2.05, 4.69) is 4.90 Å². The van der Waals surface area contributed by atoms with Gasteiger partial charge in [0.1, 0.15) is 0 Å². The van der Waals surface area contributed by atoms with Gasteiger partial charge in [0.25, 0.3) is 0 Å². The van der Waals surface area contributed by atoms with Gasteiger partial charge in [-0.15, -0.1) is 12.4 Å². The maximum absolute atomic E-state index is 12.3. The van der Waals surface area contributed by atoms with Crippen LogP contribution in [0.5, 0.6) is 0 Å². The summed E-state index contributed by atoms with van der Waals surface area (Å²) in [6, 6.07) is 0. The lowest BCUT2D eigenvalue weighted by Gasteiger charge is -2.39. The second-order valence-electron chi connectivity index (χ2n) is 6.02. The van der Waals surface area contributed by atoms with Gasteiger partial charge >= 0.3 is 0 Å². The summed E-state index contributed by atoms with van der Waals surface area (Å²) in [5, 5.41) is 0. The molecule has 2 atom stereocenters. The molecule has 0 aromatic heterocycles. The van der Waals surface area contributed by atoms with E-state index >= 15 is 0 Å². The van der Waals surface area contributed by atoms with Gasteiger partial charge in [0.2, 0.25) is 5.91 Å². The minimum absolute atomic E-state index is 0. The molecule has 2 unspecified atom stereocenters.